The summed E-state index contributed by atoms with van der Waals surface area (Å²) in [4.78, 5) is 47.9. The van der Waals surface area contributed by atoms with Gasteiger partial charge in [0.2, 0.25) is 0 Å². The predicted molar refractivity (Wildman–Crippen MR) is 189 cm³/mol. The van der Waals surface area contributed by atoms with Crippen LogP contribution in [0.1, 0.15) is 91.5 Å². The number of nitrogens with zero attached hydrogens (tertiary/aromatic N) is 2. The molecule has 4 rings (SSSR count). The van der Waals surface area contributed by atoms with Gasteiger partial charge in [-0.15, -0.1) is 33.2 Å². The lowest BCUT2D eigenvalue weighted by molar-refractivity contribution is -0.161. The van der Waals surface area contributed by atoms with E-state index in [0.29, 0.717) is 32.5 Å². The monoisotopic (exact) mass is 734 g/mol. The maximum atomic E-state index is 11.9. The van der Waals surface area contributed by atoms with E-state index in [0.717, 1.165) is 58.5 Å². The van der Waals surface area contributed by atoms with Crippen LogP contribution in [0, 0.1) is 28.6 Å². The summed E-state index contributed by atoms with van der Waals surface area (Å²) in [6, 6.07) is 10.0. The highest BCUT2D eigenvalue weighted by Crippen LogP contribution is 2.49. The molecular weight excluding hydrogens is 683 g/mol. The van der Waals surface area contributed by atoms with Crippen LogP contribution in [-0.4, -0.2) is 67.5 Å². The molecule has 1 aromatic rings. The first kappa shape index (κ1) is 45.0. The topological polar surface area (TPSA) is 123 Å². The molecule has 0 saturated heterocycles. The maximum Gasteiger partial charge on any atom is 0.338 e. The van der Waals surface area contributed by atoms with Crippen molar-refractivity contribution in [2.24, 2.45) is 17.3 Å². The molecule has 3 aliphatic carbocycles. The van der Waals surface area contributed by atoms with E-state index in [-0.39, 0.29) is 29.4 Å². The van der Waals surface area contributed by atoms with Gasteiger partial charge in [0.1, 0.15) is 17.1 Å². The molecule has 13 heteroatoms. The Bertz CT molecular complexity index is 1110. The average molecular weight is 736 g/mol. The summed E-state index contributed by atoms with van der Waals surface area (Å²) in [5.74, 6) is -0.712. The molecule has 3 aliphatic rings. The molecule has 266 valence electrons. The van der Waals surface area contributed by atoms with Crippen molar-refractivity contribution in [3.05, 3.63) is 35.9 Å². The van der Waals surface area contributed by atoms with Crippen molar-refractivity contribution in [1.82, 2.24) is 4.90 Å². The maximum absolute atomic E-state index is 11.9. The molecule has 3 unspecified atom stereocenters. The molecule has 2 bridgehead atoms. The van der Waals surface area contributed by atoms with E-state index in [1.54, 1.807) is 26.5 Å². The Hall–Kier alpha value is -2.00. The first-order valence-electron chi connectivity index (χ1n) is 16.4. The van der Waals surface area contributed by atoms with Gasteiger partial charge in [-0.2, -0.15) is 5.26 Å². The summed E-state index contributed by atoms with van der Waals surface area (Å²) in [5.41, 5.74) is 0.605. The van der Waals surface area contributed by atoms with Gasteiger partial charge in [-0.05, 0) is 78.0 Å². The molecule has 47 heavy (non-hydrogen) atoms. The Balaban J connectivity index is 0.000000610. The second-order valence-electron chi connectivity index (χ2n) is 11.2. The average Bonchev–Trinajstić information content (AvgIpc) is 3.50. The standard InChI is InChI=1S/C12H19NO.C11H16O3.C8H12O3.C2H3N.CH3Cl3Si/c1-3-13(11-14-4-2)10-12-8-6-5-7-9-12;1-2-14-10(13)11-6-3-4-8(5-7-11)9(11)12;1-2-11-8(10)6-4-3-5-7(6)9;1-2-3;1-5(2,3)4/h5-9H,3-4,10-11H2,1-2H3;8H,2-7H2,1H3;6H,2-5H2,1H3;1H3;1H3. The number of ketones is 2. The zero-order valence-electron chi connectivity index (χ0n) is 28.8. The largest absolute Gasteiger partial charge is 0.465 e. The summed E-state index contributed by atoms with van der Waals surface area (Å²) >= 11 is 15.6. The van der Waals surface area contributed by atoms with E-state index in [1.165, 1.54) is 12.5 Å². The van der Waals surface area contributed by atoms with Crippen molar-refractivity contribution in [3.8, 4) is 6.07 Å². The number of ether oxygens (including phenoxy) is 3. The number of halogens is 3. The van der Waals surface area contributed by atoms with Crippen LogP contribution in [0.3, 0.4) is 0 Å². The highest BCUT2D eigenvalue weighted by molar-refractivity contribution is 7.64. The van der Waals surface area contributed by atoms with Crippen molar-refractivity contribution in [3.63, 3.8) is 0 Å². The van der Waals surface area contributed by atoms with Crippen molar-refractivity contribution in [2.75, 3.05) is 33.1 Å². The molecule has 0 spiro atoms. The summed E-state index contributed by atoms with van der Waals surface area (Å²) in [7, 11) is 0. The van der Waals surface area contributed by atoms with Crippen LogP contribution in [0.4, 0.5) is 0 Å². The first-order valence-corrected chi connectivity index (χ1v) is 21.9. The van der Waals surface area contributed by atoms with Gasteiger partial charge >= 0.3 is 17.9 Å². The van der Waals surface area contributed by atoms with E-state index >= 15 is 0 Å². The van der Waals surface area contributed by atoms with Gasteiger partial charge in [0, 0.05) is 32.4 Å². The number of carbonyl (C=O) groups is 4. The van der Waals surface area contributed by atoms with Crippen molar-refractivity contribution < 1.29 is 33.4 Å². The fourth-order valence-electron chi connectivity index (χ4n) is 5.43. The lowest BCUT2D eigenvalue weighted by Gasteiger charge is -2.28. The van der Waals surface area contributed by atoms with Gasteiger partial charge in [-0.3, -0.25) is 24.1 Å². The number of esters is 2. The number of benzene rings is 1. The number of carbonyl (C=O) groups excluding carboxylic acids is 4. The Morgan fingerprint density at radius 2 is 1.55 bits per heavy atom. The van der Waals surface area contributed by atoms with Gasteiger partial charge in [0.25, 0.3) is 0 Å². The third-order valence-corrected chi connectivity index (χ3v) is 7.63. The Morgan fingerprint density at radius 3 is 2.04 bits per heavy atom. The zero-order chi connectivity index (χ0) is 35.9. The van der Waals surface area contributed by atoms with E-state index in [4.69, 9.17) is 52.7 Å². The van der Waals surface area contributed by atoms with Crippen LogP contribution < -0.4 is 0 Å². The van der Waals surface area contributed by atoms with E-state index in [1.807, 2.05) is 13.0 Å². The van der Waals surface area contributed by atoms with Gasteiger partial charge in [-0.1, -0.05) is 43.7 Å². The van der Waals surface area contributed by atoms with E-state index in [2.05, 4.69) is 36.1 Å². The van der Waals surface area contributed by atoms with Crippen molar-refractivity contribution in [2.45, 2.75) is 99.1 Å². The lowest BCUT2D eigenvalue weighted by Crippen LogP contribution is -2.41. The second kappa shape index (κ2) is 25.0. The molecule has 0 radical (unpaired) electrons. The predicted octanol–water partition coefficient (Wildman–Crippen LogP) is 7.92. The number of nitriles is 1. The molecule has 0 aliphatic heterocycles. The van der Waals surface area contributed by atoms with E-state index in [9.17, 15) is 19.2 Å². The molecule has 1 aromatic carbocycles. The molecule has 0 amide bonds. The molecule has 0 N–H and O–H groups in total. The molecule has 3 fully saturated rings. The third kappa shape index (κ3) is 18.4. The molecule has 3 atom stereocenters. The summed E-state index contributed by atoms with van der Waals surface area (Å²) in [6.45, 7) is 15.0. The van der Waals surface area contributed by atoms with Crippen LogP contribution in [0.25, 0.3) is 0 Å². The van der Waals surface area contributed by atoms with Crippen molar-refractivity contribution >= 4 is 62.7 Å². The Labute approximate surface area is 296 Å². The smallest absolute Gasteiger partial charge is 0.338 e. The molecule has 3 saturated carbocycles. The zero-order valence-corrected chi connectivity index (χ0v) is 32.1. The molecular formula is C34H53Cl3N2O7Si. The van der Waals surface area contributed by atoms with Crippen LogP contribution in [0.2, 0.25) is 6.55 Å². The number of hydrogen-bond acceptors (Lipinski definition) is 9. The fourth-order valence-corrected chi connectivity index (χ4v) is 5.43. The van der Waals surface area contributed by atoms with Crippen LogP contribution in [-0.2, 0) is 39.9 Å². The van der Waals surface area contributed by atoms with Gasteiger partial charge < -0.3 is 14.2 Å². The third-order valence-electron chi connectivity index (χ3n) is 7.63. The van der Waals surface area contributed by atoms with Crippen LogP contribution >= 0.6 is 33.2 Å². The van der Waals surface area contributed by atoms with Crippen LogP contribution in [0.15, 0.2) is 30.3 Å². The molecule has 0 aromatic heterocycles. The number of hydrogen-bond donors (Lipinski definition) is 0. The summed E-state index contributed by atoms with van der Waals surface area (Å²) in [5, 5.41) is 7.32. The molecule has 0 heterocycles. The highest BCUT2D eigenvalue weighted by Gasteiger charge is 2.55. The number of rotatable bonds is 10. The minimum Gasteiger partial charge on any atom is -0.465 e. The van der Waals surface area contributed by atoms with Gasteiger partial charge in [0.15, 0.2) is 5.78 Å². The highest BCUT2D eigenvalue weighted by atomic mass is 35.8. The van der Waals surface area contributed by atoms with Crippen LogP contribution in [0.5, 0.6) is 0 Å². The quantitative estimate of drug-likeness (QED) is 0.0775. The van der Waals surface area contributed by atoms with Gasteiger partial charge in [-0.25, -0.2) is 0 Å². The van der Waals surface area contributed by atoms with Crippen molar-refractivity contribution in [1.29, 1.82) is 5.26 Å². The summed E-state index contributed by atoms with van der Waals surface area (Å²) < 4.78 is 15.1. The first-order chi connectivity index (χ1) is 22.2. The number of Topliss-reactive ketones (excluding diaryl/α,β-unsaturated/α-hetero) is 2. The summed E-state index contributed by atoms with van der Waals surface area (Å²) in [6.07, 6.45) is 6.34. The lowest BCUT2D eigenvalue weighted by atomic mass is 9.74. The SMILES string of the molecule is CC#N.CCOC(=O)C12CCCC(CC1)C2=O.CCOC(=O)C1CCCC1=O.CCOCN(CC)Cc1ccccc1.C[Si](Cl)(Cl)Cl. The number of fused-ring (bicyclic) bond motifs is 2. The van der Waals surface area contributed by atoms with Gasteiger partial charge in [0.05, 0.1) is 26.0 Å². The van der Waals surface area contributed by atoms with E-state index < -0.39 is 17.3 Å². The minimum atomic E-state index is -2.19. The minimum absolute atomic E-state index is 0.0449. The Kier molecular flexibility index (Phi) is 24.0. The second-order valence-corrected chi connectivity index (χ2v) is 21.3. The molecule has 9 nitrogen and oxygen atoms in total. The fraction of sp³-hybridized carbons (Fsp3) is 0.676. The Morgan fingerprint density at radius 1 is 0.957 bits per heavy atom. The normalized spacial score (nSPS) is 20.9.